The Labute approximate surface area is 430 Å². The Balaban J connectivity index is 0.775. The van der Waals surface area contributed by atoms with Gasteiger partial charge in [0.25, 0.3) is 11.8 Å². The highest BCUT2D eigenvalue weighted by Gasteiger charge is 2.45. The molecule has 1 saturated heterocycles. The number of phenols is 1. The molecule has 2 aliphatic rings. The van der Waals surface area contributed by atoms with E-state index >= 15 is 0 Å². The van der Waals surface area contributed by atoms with Gasteiger partial charge in [-0.15, -0.1) is 22.7 Å². The molecule has 4 heterocycles. The second-order valence-electron chi connectivity index (χ2n) is 18.3. The number of aromatic nitrogens is 2. The molecule has 386 valence electrons. The summed E-state index contributed by atoms with van der Waals surface area (Å²) < 4.78 is 36.6. The molecule has 0 bridgehead atoms. The predicted octanol–water partition coefficient (Wildman–Crippen LogP) is 4.98. The molecule has 21 heteroatoms. The fourth-order valence-electron chi connectivity index (χ4n) is 8.31. The molecule has 0 spiro atoms. The first-order chi connectivity index (χ1) is 35.1. The zero-order chi connectivity index (χ0) is 52.1. The third kappa shape index (κ3) is 14.3. The lowest BCUT2D eigenvalue weighted by molar-refractivity contribution is -0.144. The number of hydrogen-bond donors (Lipinski definition) is 5. The number of benzene rings is 3. The number of carbonyl (C=O) groups is 5. The van der Waals surface area contributed by atoms with Crippen LogP contribution in [0.3, 0.4) is 0 Å². The number of amides is 5. The van der Waals surface area contributed by atoms with Crippen LogP contribution in [0, 0.1) is 30.0 Å². The molecule has 5 amide bonds. The lowest BCUT2D eigenvalue weighted by Crippen LogP contribution is -2.58. The van der Waals surface area contributed by atoms with Crippen molar-refractivity contribution in [1.29, 1.82) is 0 Å². The first-order valence-electron chi connectivity index (χ1n) is 23.6. The highest BCUT2D eigenvalue weighted by atomic mass is 32.1. The molecule has 73 heavy (non-hydrogen) atoms. The van der Waals surface area contributed by atoms with Gasteiger partial charge in [-0.2, -0.15) is 0 Å². The average molecular weight is 1040 g/mol. The van der Waals surface area contributed by atoms with Crippen LogP contribution in [0.5, 0.6) is 5.75 Å². The van der Waals surface area contributed by atoms with Crippen LogP contribution in [-0.4, -0.2) is 137 Å². The van der Waals surface area contributed by atoms with E-state index in [2.05, 4.69) is 37.8 Å². The third-order valence-electron chi connectivity index (χ3n) is 11.9. The number of halogens is 1. The van der Waals surface area contributed by atoms with Gasteiger partial charge in [0.15, 0.2) is 5.13 Å². The SMILES string of the molecule is Cc1ncsc1-c1ccc(CNC(=O)[C@@H]2C[C@@H](O)CN2C(=O)[C@@H](NC(=O)COCCOCCOCCOCC#Cc2cccc3c2C(=O)N(C(C(=O)Nc2nccs2)c2cc(F)ccc2O)C3)C(C)(C)C)cc1. The summed E-state index contributed by atoms with van der Waals surface area (Å²) in [7, 11) is 0. The number of carbonyl (C=O) groups excluding carboxylic acids is 5. The van der Waals surface area contributed by atoms with E-state index < -0.39 is 65.0 Å². The molecule has 4 atom stereocenters. The fourth-order valence-corrected chi connectivity index (χ4v) is 9.65. The van der Waals surface area contributed by atoms with Crippen LogP contribution in [0.2, 0.25) is 0 Å². The number of likely N-dealkylation sites (tertiary alicyclic amines) is 1. The Kier molecular flexibility index (Phi) is 18.8. The van der Waals surface area contributed by atoms with E-state index in [1.54, 1.807) is 61.2 Å². The molecule has 3 aromatic carbocycles. The number of hydrogen-bond acceptors (Lipinski definition) is 15. The van der Waals surface area contributed by atoms with Crippen LogP contribution in [0.15, 0.2) is 77.8 Å². The molecule has 5 N–H and O–H groups in total. The van der Waals surface area contributed by atoms with E-state index in [9.17, 15) is 38.6 Å². The lowest BCUT2D eigenvalue weighted by Gasteiger charge is -2.35. The maximum atomic E-state index is 14.4. The van der Waals surface area contributed by atoms with E-state index in [-0.39, 0.29) is 95.4 Å². The van der Waals surface area contributed by atoms with E-state index in [4.69, 9.17) is 18.9 Å². The molecule has 1 unspecified atom stereocenters. The summed E-state index contributed by atoms with van der Waals surface area (Å²) in [5, 5.41) is 31.5. The van der Waals surface area contributed by atoms with Gasteiger partial charge < -0.3 is 49.6 Å². The van der Waals surface area contributed by atoms with Crippen molar-refractivity contribution in [3.63, 3.8) is 0 Å². The van der Waals surface area contributed by atoms with Crippen LogP contribution in [0.25, 0.3) is 10.4 Å². The van der Waals surface area contributed by atoms with Crippen molar-refractivity contribution in [2.24, 2.45) is 5.41 Å². The molecule has 2 aromatic heterocycles. The maximum absolute atomic E-state index is 14.4. The normalized spacial score (nSPS) is 16.1. The molecule has 1 fully saturated rings. The highest BCUT2D eigenvalue weighted by molar-refractivity contribution is 7.14. The minimum atomic E-state index is -1.37. The number of ether oxygens (including phenoxy) is 4. The molecule has 0 radical (unpaired) electrons. The van der Waals surface area contributed by atoms with Crippen molar-refractivity contribution in [2.45, 2.75) is 71.4 Å². The monoisotopic (exact) mass is 1040 g/mol. The van der Waals surface area contributed by atoms with Crippen molar-refractivity contribution in [3.05, 3.63) is 117 Å². The minimum absolute atomic E-state index is 0.0178. The molecular formula is C52H58FN7O11S2. The molecule has 0 aliphatic carbocycles. The predicted molar refractivity (Wildman–Crippen MR) is 270 cm³/mol. The zero-order valence-electron chi connectivity index (χ0n) is 40.9. The summed E-state index contributed by atoms with van der Waals surface area (Å²) in [6, 6.07) is 12.9. The van der Waals surface area contributed by atoms with Gasteiger partial charge in [-0.05, 0) is 53.3 Å². The smallest absolute Gasteiger partial charge is 0.256 e. The number of aliphatic hydroxyl groups excluding tert-OH is 1. The third-order valence-corrected chi connectivity index (χ3v) is 13.6. The molecular weight excluding hydrogens is 982 g/mol. The van der Waals surface area contributed by atoms with Crippen molar-refractivity contribution in [3.8, 4) is 28.0 Å². The summed E-state index contributed by atoms with van der Waals surface area (Å²) in [5.74, 6) is 2.30. The Morgan fingerprint density at radius 1 is 0.945 bits per heavy atom. The summed E-state index contributed by atoms with van der Waals surface area (Å²) in [4.78, 5) is 79.9. The number of phenolic OH excluding ortho intramolecular Hbond substituents is 1. The van der Waals surface area contributed by atoms with Gasteiger partial charge >= 0.3 is 0 Å². The number of nitrogens with one attached hydrogen (secondary N) is 3. The minimum Gasteiger partial charge on any atom is -0.508 e. The van der Waals surface area contributed by atoms with Crippen molar-refractivity contribution in [1.82, 2.24) is 30.4 Å². The Bertz CT molecular complexity index is 2790. The number of anilines is 1. The molecule has 5 aromatic rings. The molecule has 2 aliphatic heterocycles. The standard InChI is InChI=1S/C52H58FN7O11S2/c1-32-45(73-31-56-32)35-12-10-33(11-13-35)27-55-47(64)40-26-38(61)29-59(40)50(67)46(52(2,3)4)57-42(63)30-71-23-22-70-21-20-69-19-18-68-17-6-9-34-7-5-8-36-28-60(49(66)43(34)36)44(39-25-37(53)14-15-41(39)62)48(65)58-51-54-16-24-72-51/h5,7-8,10-16,24-25,31,38,40,44,46,61-62H,17-23,26-30H2,1-4H3,(H,55,64)(H,57,63)(H,54,58,65)/t38-,40+,44?,46-/m1/s1. The first kappa shape index (κ1) is 54.1. The van der Waals surface area contributed by atoms with Crippen LogP contribution in [0.4, 0.5) is 9.52 Å². The van der Waals surface area contributed by atoms with Gasteiger partial charge in [0.1, 0.15) is 42.9 Å². The van der Waals surface area contributed by atoms with Crippen LogP contribution in [-0.2, 0) is 51.2 Å². The summed E-state index contributed by atoms with van der Waals surface area (Å²) in [6.45, 7) is 8.58. The van der Waals surface area contributed by atoms with Gasteiger partial charge in [-0.25, -0.2) is 14.4 Å². The Morgan fingerprint density at radius 3 is 2.36 bits per heavy atom. The summed E-state index contributed by atoms with van der Waals surface area (Å²) in [5.41, 5.74) is 5.19. The van der Waals surface area contributed by atoms with E-state index in [0.29, 0.717) is 16.7 Å². The molecule has 7 rings (SSSR count). The van der Waals surface area contributed by atoms with Crippen LogP contribution >= 0.6 is 22.7 Å². The number of nitrogens with zero attached hydrogens (tertiary/aromatic N) is 4. The average Bonchev–Trinajstić information content (AvgIpc) is 4.19. The second kappa shape index (κ2) is 25.3. The van der Waals surface area contributed by atoms with Crippen molar-refractivity contribution >= 4 is 57.3 Å². The van der Waals surface area contributed by atoms with Crippen molar-refractivity contribution in [2.75, 3.05) is 64.7 Å². The van der Waals surface area contributed by atoms with E-state index in [0.717, 1.165) is 39.9 Å². The summed E-state index contributed by atoms with van der Waals surface area (Å²) in [6.07, 6.45) is 0.684. The van der Waals surface area contributed by atoms with Gasteiger partial charge in [0.05, 0.1) is 67.4 Å². The van der Waals surface area contributed by atoms with Gasteiger partial charge in [-0.1, -0.05) is 69.0 Å². The molecule has 18 nitrogen and oxygen atoms in total. The number of rotatable bonds is 22. The number of aromatic hydroxyl groups is 1. The van der Waals surface area contributed by atoms with Crippen LogP contribution < -0.4 is 16.0 Å². The van der Waals surface area contributed by atoms with Gasteiger partial charge in [0, 0.05) is 48.8 Å². The van der Waals surface area contributed by atoms with Crippen LogP contribution in [0.1, 0.15) is 71.5 Å². The fraction of sp³-hybridized carbons (Fsp3) is 0.404. The Hall–Kier alpha value is -6.64. The lowest BCUT2D eigenvalue weighted by atomic mass is 9.85. The highest BCUT2D eigenvalue weighted by Crippen LogP contribution is 2.38. The number of aryl methyl sites for hydroxylation is 1. The van der Waals surface area contributed by atoms with Crippen molar-refractivity contribution < 1.29 is 57.5 Å². The zero-order valence-corrected chi connectivity index (χ0v) is 42.5. The summed E-state index contributed by atoms with van der Waals surface area (Å²) >= 11 is 2.73. The number of β-amino-alcohol motifs (C(OH)–C–C–N with tert-alkyl or cyclic N) is 1. The maximum Gasteiger partial charge on any atom is 0.256 e. The van der Waals surface area contributed by atoms with Gasteiger partial charge in [-0.3, -0.25) is 29.3 Å². The largest absolute Gasteiger partial charge is 0.508 e. The quantitative estimate of drug-likeness (QED) is 0.0456. The van der Waals surface area contributed by atoms with E-state index in [1.165, 1.54) is 27.3 Å². The second-order valence-corrected chi connectivity index (χ2v) is 20.0. The number of thiazole rings is 2. The topological polar surface area (TPSA) is 231 Å². The van der Waals surface area contributed by atoms with E-state index in [1.807, 2.05) is 31.2 Å². The van der Waals surface area contributed by atoms with Gasteiger partial charge in [0.2, 0.25) is 17.7 Å². The Morgan fingerprint density at radius 2 is 1.67 bits per heavy atom. The molecule has 0 saturated carbocycles. The first-order valence-corrected chi connectivity index (χ1v) is 25.3. The number of aliphatic hydroxyl groups is 1. The number of fused-ring (bicyclic) bond motifs is 1.